The van der Waals surface area contributed by atoms with E-state index in [4.69, 9.17) is 16.3 Å². The molecule has 4 aromatic rings. The highest BCUT2D eigenvalue weighted by Gasteiger charge is 2.40. The summed E-state index contributed by atoms with van der Waals surface area (Å²) >= 11 is 0. The maximum atomic E-state index is 12.7. The molecule has 1 aromatic heterocycles. The molecule has 8 heteroatoms. The lowest BCUT2D eigenvalue weighted by atomic mass is 9.69. The number of hydrazine groups is 1. The molecule has 42 heavy (non-hydrogen) atoms. The third-order valence-corrected chi connectivity index (χ3v) is 8.71. The van der Waals surface area contributed by atoms with Crippen molar-refractivity contribution in [3.63, 3.8) is 0 Å². The molecule has 0 amide bonds. The molecule has 5 N–H and O–H groups in total. The first-order chi connectivity index (χ1) is 20.0. The maximum Gasteiger partial charge on any atom is 0.310 e. The molecule has 0 aliphatic carbocycles. The summed E-state index contributed by atoms with van der Waals surface area (Å²) in [5, 5.41) is 13.0. The van der Waals surface area contributed by atoms with E-state index in [0.29, 0.717) is 25.4 Å². The summed E-state index contributed by atoms with van der Waals surface area (Å²) in [5.41, 5.74) is 13.8. The molecule has 3 aromatic carbocycles. The molecular formula is C34H41N5O3. The maximum absolute atomic E-state index is 12.7. The Kier molecular flexibility index (Phi) is 8.12. The first-order valence-corrected chi connectivity index (χ1v) is 14.5. The van der Waals surface area contributed by atoms with Crippen LogP contribution < -0.4 is 21.3 Å². The van der Waals surface area contributed by atoms with Crippen molar-refractivity contribution in [1.82, 2.24) is 9.88 Å². The fourth-order valence-electron chi connectivity index (χ4n) is 6.00. The summed E-state index contributed by atoms with van der Waals surface area (Å²) < 4.78 is 6.15. The Bertz CT molecular complexity index is 1630. The molecule has 1 atom stereocenters. The van der Waals surface area contributed by atoms with Crippen molar-refractivity contribution < 1.29 is 14.6 Å². The quantitative estimate of drug-likeness (QED) is 0.140. The van der Waals surface area contributed by atoms with E-state index in [2.05, 4.69) is 53.2 Å². The van der Waals surface area contributed by atoms with Crippen molar-refractivity contribution in [3.05, 3.63) is 94.2 Å². The standard InChI is InChI=1S/C34H41N5O3/c1-6-39(36)29-12-11-27(22(3)32(29)35)31(34(4,5)33(40)41)24-10-9-21(2)25(16-24)19-38-14-15-42-30-18-23-8-7-13-37-28(23)17-26(30)20-38/h7-13,16-18,31H,6,14-15,19-20,35-36H2,1-5H3,(H,40,41). The molecule has 5 rings (SSSR count). The van der Waals surface area contributed by atoms with Gasteiger partial charge in [0.2, 0.25) is 0 Å². The van der Waals surface area contributed by atoms with Crippen LogP contribution >= 0.6 is 0 Å². The molecule has 2 heterocycles. The lowest BCUT2D eigenvalue weighted by molar-refractivity contribution is -0.147. The van der Waals surface area contributed by atoms with Gasteiger partial charge >= 0.3 is 5.97 Å². The van der Waals surface area contributed by atoms with Gasteiger partial charge in [-0.2, -0.15) is 0 Å². The number of pyridine rings is 1. The first kappa shape index (κ1) is 29.4. The molecule has 220 valence electrons. The second kappa shape index (κ2) is 11.6. The van der Waals surface area contributed by atoms with Crippen molar-refractivity contribution >= 4 is 28.2 Å². The number of ether oxygens (including phenoxy) is 1. The average Bonchev–Trinajstić information content (AvgIpc) is 3.16. The van der Waals surface area contributed by atoms with Gasteiger partial charge in [-0.25, -0.2) is 5.84 Å². The number of fused-ring (bicyclic) bond motifs is 2. The van der Waals surface area contributed by atoms with E-state index in [1.54, 1.807) is 18.9 Å². The second-order valence-electron chi connectivity index (χ2n) is 11.9. The second-order valence-corrected chi connectivity index (χ2v) is 11.9. The Balaban J connectivity index is 1.52. The predicted molar refractivity (Wildman–Crippen MR) is 169 cm³/mol. The van der Waals surface area contributed by atoms with E-state index in [0.717, 1.165) is 68.8 Å². The fourth-order valence-corrected chi connectivity index (χ4v) is 6.00. The van der Waals surface area contributed by atoms with E-state index >= 15 is 0 Å². The van der Waals surface area contributed by atoms with Gasteiger partial charge in [0.15, 0.2) is 0 Å². The number of carbonyl (C=O) groups is 1. The summed E-state index contributed by atoms with van der Waals surface area (Å²) in [6.45, 7) is 13.0. The number of hydrogen-bond acceptors (Lipinski definition) is 7. The van der Waals surface area contributed by atoms with Crippen molar-refractivity contribution in [1.29, 1.82) is 0 Å². The third kappa shape index (κ3) is 5.52. The van der Waals surface area contributed by atoms with E-state index in [-0.39, 0.29) is 0 Å². The van der Waals surface area contributed by atoms with E-state index in [1.165, 1.54) is 0 Å². The average molecular weight is 568 g/mol. The van der Waals surface area contributed by atoms with Gasteiger partial charge < -0.3 is 20.6 Å². The largest absolute Gasteiger partial charge is 0.492 e. The number of anilines is 2. The smallest absolute Gasteiger partial charge is 0.310 e. The molecule has 0 spiro atoms. The zero-order valence-electron chi connectivity index (χ0n) is 25.1. The van der Waals surface area contributed by atoms with E-state index in [1.807, 2.05) is 38.2 Å². The van der Waals surface area contributed by atoms with Crippen LogP contribution in [0, 0.1) is 19.3 Å². The summed E-state index contributed by atoms with van der Waals surface area (Å²) in [4.78, 5) is 19.6. The third-order valence-electron chi connectivity index (χ3n) is 8.71. The zero-order chi connectivity index (χ0) is 30.2. The minimum Gasteiger partial charge on any atom is -0.492 e. The summed E-state index contributed by atoms with van der Waals surface area (Å²) in [6.07, 6.45) is 1.81. The molecule has 8 nitrogen and oxygen atoms in total. The summed E-state index contributed by atoms with van der Waals surface area (Å²) in [5.74, 6) is 5.78. The van der Waals surface area contributed by atoms with Gasteiger partial charge in [0.05, 0.1) is 22.3 Å². The molecule has 0 bridgehead atoms. The number of aryl methyl sites for hydroxylation is 1. The topological polar surface area (TPSA) is 118 Å². The number of aliphatic carboxylic acids is 1. The molecule has 1 aliphatic rings. The van der Waals surface area contributed by atoms with Crippen molar-refractivity contribution in [2.75, 3.05) is 30.4 Å². The highest BCUT2D eigenvalue weighted by Crippen LogP contribution is 2.45. The van der Waals surface area contributed by atoms with Crippen LogP contribution in [-0.4, -0.2) is 40.7 Å². The van der Waals surface area contributed by atoms with Gasteiger partial charge in [-0.3, -0.25) is 14.7 Å². The van der Waals surface area contributed by atoms with E-state index < -0.39 is 17.3 Å². The number of nitrogens with two attached hydrogens (primary N) is 2. The number of aromatic nitrogens is 1. The minimum absolute atomic E-state index is 0.427. The van der Waals surface area contributed by atoms with Crippen LogP contribution in [0.3, 0.4) is 0 Å². The van der Waals surface area contributed by atoms with E-state index in [9.17, 15) is 9.90 Å². The number of rotatable bonds is 8. The molecular weight excluding hydrogens is 526 g/mol. The van der Waals surface area contributed by atoms with Gasteiger partial charge in [-0.05, 0) is 86.7 Å². The van der Waals surface area contributed by atoms with Gasteiger partial charge in [0.25, 0.3) is 0 Å². The Morgan fingerprint density at radius 3 is 2.69 bits per heavy atom. The molecule has 1 aliphatic heterocycles. The highest BCUT2D eigenvalue weighted by molar-refractivity contribution is 5.81. The minimum atomic E-state index is -1.10. The predicted octanol–water partition coefficient (Wildman–Crippen LogP) is 5.77. The Hall–Kier alpha value is -4.14. The van der Waals surface area contributed by atoms with Crippen molar-refractivity contribution in [3.8, 4) is 5.75 Å². The SMILES string of the molecule is CCN(N)c1ccc(C(c2ccc(C)c(CN3CCOc4cc5cccnc5cc4C3)c2)C(C)(C)C(=O)O)c(C)c1N. The monoisotopic (exact) mass is 567 g/mol. The van der Waals surface area contributed by atoms with Crippen LogP contribution in [0.2, 0.25) is 0 Å². The Labute approximate surface area is 247 Å². The van der Waals surface area contributed by atoms with Crippen LogP contribution in [0.25, 0.3) is 10.9 Å². The van der Waals surface area contributed by atoms with Gasteiger partial charge in [0, 0.05) is 49.2 Å². The van der Waals surface area contributed by atoms with Crippen LogP contribution in [0.4, 0.5) is 11.4 Å². The highest BCUT2D eigenvalue weighted by atomic mass is 16.5. The first-order valence-electron chi connectivity index (χ1n) is 14.5. The fraction of sp³-hybridized carbons (Fsp3) is 0.353. The molecule has 0 saturated carbocycles. The van der Waals surface area contributed by atoms with Crippen LogP contribution in [0.1, 0.15) is 60.1 Å². The van der Waals surface area contributed by atoms with Crippen molar-refractivity contribution in [2.24, 2.45) is 11.3 Å². The van der Waals surface area contributed by atoms with Gasteiger partial charge in [0.1, 0.15) is 12.4 Å². The summed E-state index contributed by atoms with van der Waals surface area (Å²) in [6, 6.07) is 18.4. The molecule has 0 fully saturated rings. The van der Waals surface area contributed by atoms with Crippen LogP contribution in [-0.2, 0) is 17.9 Å². The number of hydrogen-bond donors (Lipinski definition) is 3. The molecule has 1 unspecified atom stereocenters. The molecule has 0 saturated heterocycles. The van der Waals surface area contributed by atoms with Crippen LogP contribution in [0.5, 0.6) is 5.75 Å². The number of nitrogens with zero attached hydrogens (tertiary/aromatic N) is 3. The van der Waals surface area contributed by atoms with Crippen molar-refractivity contribution in [2.45, 2.75) is 53.6 Å². The van der Waals surface area contributed by atoms with Gasteiger partial charge in [-0.15, -0.1) is 0 Å². The van der Waals surface area contributed by atoms with Gasteiger partial charge in [-0.1, -0.05) is 30.3 Å². The lowest BCUT2D eigenvalue weighted by Crippen LogP contribution is -2.34. The lowest BCUT2D eigenvalue weighted by Gasteiger charge is -2.34. The van der Waals surface area contributed by atoms with Crippen LogP contribution in [0.15, 0.2) is 60.8 Å². The Morgan fingerprint density at radius 2 is 1.95 bits per heavy atom. The molecule has 0 radical (unpaired) electrons. The number of nitrogen functional groups attached to an aromatic ring is 1. The summed E-state index contributed by atoms with van der Waals surface area (Å²) in [7, 11) is 0. The Morgan fingerprint density at radius 1 is 1.17 bits per heavy atom. The number of carboxylic acids is 1. The number of benzene rings is 3. The zero-order valence-corrected chi connectivity index (χ0v) is 25.1. The number of carboxylic acid groups (broad SMARTS) is 1. The normalized spacial score (nSPS) is 14.6.